The molecule has 132 valence electrons. The van der Waals surface area contributed by atoms with Crippen molar-refractivity contribution in [2.24, 2.45) is 0 Å². The van der Waals surface area contributed by atoms with Crippen molar-refractivity contribution in [2.45, 2.75) is 39.9 Å². The third-order valence-electron chi connectivity index (χ3n) is 4.63. The Morgan fingerprint density at radius 1 is 1.12 bits per heavy atom. The molecule has 1 heterocycles. The molecule has 0 aliphatic heterocycles. The van der Waals surface area contributed by atoms with Gasteiger partial charge in [-0.2, -0.15) is 5.26 Å². The molecule has 1 unspecified atom stereocenters. The molecule has 1 N–H and O–H groups in total. The number of rotatable bonds is 6. The number of aryl methyl sites for hydroxylation is 1. The van der Waals surface area contributed by atoms with Crippen molar-refractivity contribution in [3.05, 3.63) is 71.3 Å². The normalized spacial score (nSPS) is 11.9. The van der Waals surface area contributed by atoms with Crippen molar-refractivity contribution < 1.29 is 0 Å². The van der Waals surface area contributed by atoms with Crippen LogP contribution in [0.4, 0.5) is 0 Å². The van der Waals surface area contributed by atoms with Crippen LogP contribution in [0.25, 0.3) is 11.1 Å². The number of nitrogens with zero attached hydrogens (tertiary/aromatic N) is 4. The Kier molecular flexibility index (Phi) is 5.45. The highest BCUT2D eigenvalue weighted by molar-refractivity contribution is 5.65. The second-order valence-electron chi connectivity index (χ2n) is 6.32. The topological polar surface area (TPSA) is 66.5 Å². The van der Waals surface area contributed by atoms with Gasteiger partial charge in [0.25, 0.3) is 0 Å². The molecule has 0 fully saturated rings. The monoisotopic (exact) mass is 345 g/mol. The zero-order chi connectivity index (χ0) is 18.5. The Labute approximate surface area is 154 Å². The number of nitrogens with one attached hydrogen (secondary N) is 1. The van der Waals surface area contributed by atoms with E-state index in [-0.39, 0.29) is 6.04 Å². The summed E-state index contributed by atoms with van der Waals surface area (Å²) in [6, 6.07) is 18.5. The van der Waals surface area contributed by atoms with E-state index in [0.29, 0.717) is 12.1 Å². The summed E-state index contributed by atoms with van der Waals surface area (Å²) in [7, 11) is 0. The summed E-state index contributed by atoms with van der Waals surface area (Å²) in [5.74, 6) is 1.91. The van der Waals surface area contributed by atoms with Gasteiger partial charge >= 0.3 is 0 Å². The Bertz CT molecular complexity index is 918. The predicted octanol–water partition coefficient (Wildman–Crippen LogP) is 4.00. The lowest BCUT2D eigenvalue weighted by Gasteiger charge is -2.15. The van der Waals surface area contributed by atoms with E-state index in [1.165, 1.54) is 5.56 Å². The maximum Gasteiger partial charge on any atom is 0.147 e. The SMILES string of the molecule is CCn1c(C)nnc1CNC(C)c1ccc(-c2cccc(C#N)c2)cc1. The third-order valence-corrected chi connectivity index (χ3v) is 4.63. The molecule has 3 rings (SSSR count). The van der Waals surface area contributed by atoms with Crippen molar-refractivity contribution in [3.8, 4) is 17.2 Å². The van der Waals surface area contributed by atoms with Gasteiger partial charge in [-0.25, -0.2) is 0 Å². The van der Waals surface area contributed by atoms with Gasteiger partial charge in [0, 0.05) is 12.6 Å². The molecule has 1 aromatic heterocycles. The van der Waals surface area contributed by atoms with Crippen LogP contribution in [0, 0.1) is 18.3 Å². The van der Waals surface area contributed by atoms with Crippen molar-refractivity contribution in [2.75, 3.05) is 0 Å². The van der Waals surface area contributed by atoms with Gasteiger partial charge < -0.3 is 9.88 Å². The summed E-state index contributed by atoms with van der Waals surface area (Å²) in [4.78, 5) is 0. The van der Waals surface area contributed by atoms with E-state index >= 15 is 0 Å². The van der Waals surface area contributed by atoms with Gasteiger partial charge in [0.1, 0.15) is 11.6 Å². The van der Waals surface area contributed by atoms with E-state index in [9.17, 15) is 0 Å². The first-order valence-corrected chi connectivity index (χ1v) is 8.85. The van der Waals surface area contributed by atoms with Crippen molar-refractivity contribution >= 4 is 0 Å². The summed E-state index contributed by atoms with van der Waals surface area (Å²) in [6.45, 7) is 7.78. The van der Waals surface area contributed by atoms with Crippen LogP contribution in [0.3, 0.4) is 0 Å². The molecule has 3 aromatic rings. The minimum Gasteiger partial charge on any atom is -0.314 e. The molecule has 2 aromatic carbocycles. The molecule has 0 aliphatic carbocycles. The van der Waals surface area contributed by atoms with Crippen LogP contribution in [0.5, 0.6) is 0 Å². The van der Waals surface area contributed by atoms with Gasteiger partial charge in [-0.15, -0.1) is 10.2 Å². The second-order valence-corrected chi connectivity index (χ2v) is 6.32. The lowest BCUT2D eigenvalue weighted by atomic mass is 10.00. The van der Waals surface area contributed by atoms with E-state index in [1.54, 1.807) is 0 Å². The molecule has 0 bridgehead atoms. The highest BCUT2D eigenvalue weighted by Crippen LogP contribution is 2.23. The molecule has 5 nitrogen and oxygen atoms in total. The number of aromatic nitrogens is 3. The Balaban J connectivity index is 1.68. The molecule has 5 heteroatoms. The van der Waals surface area contributed by atoms with Gasteiger partial charge in [0.05, 0.1) is 18.2 Å². The number of hydrogen-bond donors (Lipinski definition) is 1. The molecule has 0 saturated carbocycles. The summed E-state index contributed by atoms with van der Waals surface area (Å²) in [5, 5.41) is 21.0. The summed E-state index contributed by atoms with van der Waals surface area (Å²) < 4.78 is 2.12. The number of nitriles is 1. The van der Waals surface area contributed by atoms with Crippen molar-refractivity contribution in [1.29, 1.82) is 5.26 Å². The first-order valence-electron chi connectivity index (χ1n) is 8.85. The first-order chi connectivity index (χ1) is 12.6. The largest absolute Gasteiger partial charge is 0.314 e. The lowest BCUT2D eigenvalue weighted by molar-refractivity contribution is 0.537. The van der Waals surface area contributed by atoms with E-state index in [0.717, 1.165) is 29.3 Å². The zero-order valence-electron chi connectivity index (χ0n) is 15.4. The molecule has 0 spiro atoms. The molecule has 0 saturated heterocycles. The molecule has 1 atom stereocenters. The van der Waals surface area contributed by atoms with Crippen LogP contribution in [-0.2, 0) is 13.1 Å². The maximum absolute atomic E-state index is 9.05. The van der Waals surface area contributed by atoms with E-state index < -0.39 is 0 Å². The minimum atomic E-state index is 0.205. The molecular formula is C21H23N5. The number of benzene rings is 2. The zero-order valence-corrected chi connectivity index (χ0v) is 15.4. The fourth-order valence-electron chi connectivity index (χ4n) is 3.06. The van der Waals surface area contributed by atoms with Gasteiger partial charge in [0.15, 0.2) is 0 Å². The summed E-state index contributed by atoms with van der Waals surface area (Å²) >= 11 is 0. The summed E-state index contributed by atoms with van der Waals surface area (Å²) in [5.41, 5.74) is 4.06. The molecule has 0 amide bonds. The van der Waals surface area contributed by atoms with Gasteiger partial charge in [-0.05, 0) is 49.6 Å². The highest BCUT2D eigenvalue weighted by atomic mass is 15.3. The van der Waals surface area contributed by atoms with Crippen molar-refractivity contribution in [3.63, 3.8) is 0 Å². The van der Waals surface area contributed by atoms with Gasteiger partial charge in [-0.1, -0.05) is 36.4 Å². The van der Waals surface area contributed by atoms with E-state index in [4.69, 9.17) is 5.26 Å². The molecule has 0 aliphatic rings. The molecule has 0 radical (unpaired) electrons. The van der Waals surface area contributed by atoms with Crippen LogP contribution >= 0.6 is 0 Å². The van der Waals surface area contributed by atoms with Gasteiger partial charge in [-0.3, -0.25) is 0 Å². The van der Waals surface area contributed by atoms with Crippen LogP contribution in [0.2, 0.25) is 0 Å². The average Bonchev–Trinajstić information content (AvgIpc) is 3.05. The van der Waals surface area contributed by atoms with Crippen LogP contribution < -0.4 is 5.32 Å². The third kappa shape index (κ3) is 3.81. The predicted molar refractivity (Wildman–Crippen MR) is 102 cm³/mol. The van der Waals surface area contributed by atoms with Crippen LogP contribution in [-0.4, -0.2) is 14.8 Å². The van der Waals surface area contributed by atoms with Crippen molar-refractivity contribution in [1.82, 2.24) is 20.1 Å². The lowest BCUT2D eigenvalue weighted by Crippen LogP contribution is -2.20. The molecule has 26 heavy (non-hydrogen) atoms. The Morgan fingerprint density at radius 2 is 1.88 bits per heavy atom. The van der Waals surface area contributed by atoms with E-state index in [1.807, 2.05) is 31.2 Å². The Morgan fingerprint density at radius 3 is 2.58 bits per heavy atom. The van der Waals surface area contributed by atoms with E-state index in [2.05, 4.69) is 64.3 Å². The second kappa shape index (κ2) is 7.94. The smallest absolute Gasteiger partial charge is 0.147 e. The first kappa shape index (κ1) is 17.8. The van der Waals surface area contributed by atoms with Gasteiger partial charge in [0.2, 0.25) is 0 Å². The fourth-order valence-corrected chi connectivity index (χ4v) is 3.06. The fraction of sp³-hybridized carbons (Fsp3) is 0.286. The standard InChI is InChI=1S/C21H23N5/c1-4-26-16(3)24-25-21(26)14-23-15(2)18-8-10-19(11-9-18)20-7-5-6-17(12-20)13-22/h5-12,15,23H,4,14H2,1-3H3. The highest BCUT2D eigenvalue weighted by Gasteiger charge is 2.10. The molecular weight excluding hydrogens is 322 g/mol. The maximum atomic E-state index is 9.05. The minimum absolute atomic E-state index is 0.205. The van der Waals surface area contributed by atoms with Crippen LogP contribution in [0.1, 0.15) is 42.7 Å². The average molecular weight is 345 g/mol. The van der Waals surface area contributed by atoms with Crippen LogP contribution in [0.15, 0.2) is 48.5 Å². The quantitative estimate of drug-likeness (QED) is 0.733. The summed E-state index contributed by atoms with van der Waals surface area (Å²) in [6.07, 6.45) is 0. The Hall–Kier alpha value is -2.97. The number of hydrogen-bond acceptors (Lipinski definition) is 4.